The Labute approximate surface area is 162 Å². The van der Waals surface area contributed by atoms with E-state index in [1.807, 2.05) is 6.92 Å². The van der Waals surface area contributed by atoms with Crippen molar-refractivity contribution in [3.8, 4) is 0 Å². The third-order valence-electron chi connectivity index (χ3n) is 3.85. The van der Waals surface area contributed by atoms with E-state index in [4.69, 9.17) is 0 Å². The maximum Gasteiger partial charge on any atom is 0.223 e. The van der Waals surface area contributed by atoms with Crippen LogP contribution in [0.5, 0.6) is 0 Å². The van der Waals surface area contributed by atoms with Crippen molar-refractivity contribution in [3.63, 3.8) is 0 Å². The Morgan fingerprint density at radius 1 is 1.15 bits per heavy atom. The molecule has 0 aliphatic heterocycles. The van der Waals surface area contributed by atoms with E-state index in [1.165, 1.54) is 61.7 Å². The highest BCUT2D eigenvalue weighted by Gasteiger charge is 2.19. The van der Waals surface area contributed by atoms with E-state index in [0.717, 1.165) is 22.3 Å². The summed E-state index contributed by atoms with van der Waals surface area (Å²) in [6, 6.07) is 0. The maximum absolute atomic E-state index is 10.8. The summed E-state index contributed by atoms with van der Waals surface area (Å²) in [5, 5.41) is 24.0. The summed E-state index contributed by atoms with van der Waals surface area (Å²) in [5.41, 5.74) is 2.84. The summed E-state index contributed by atoms with van der Waals surface area (Å²) in [5.74, 6) is 0.486. The van der Waals surface area contributed by atoms with Gasteiger partial charge in [0.15, 0.2) is 0 Å². The van der Waals surface area contributed by atoms with Gasteiger partial charge in [-0.1, -0.05) is 54.9 Å². The van der Waals surface area contributed by atoms with Gasteiger partial charge in [-0.2, -0.15) is 0 Å². The number of hydrogen-bond donors (Lipinski definition) is 2. The highest BCUT2D eigenvalue weighted by Crippen LogP contribution is 2.35. The SMILES string of the molecule is CC(=O)Nc1nnc(C2CCCCC2)s1.CC/C=C(\C)Nc1nncs1. The number of nitrogens with one attached hydrogen (secondary N) is 2. The minimum absolute atomic E-state index is 0.0821. The fourth-order valence-electron chi connectivity index (χ4n) is 2.70. The lowest BCUT2D eigenvalue weighted by Gasteiger charge is -2.18. The average Bonchev–Trinajstić information content (AvgIpc) is 3.28. The van der Waals surface area contributed by atoms with Crippen LogP contribution in [0.25, 0.3) is 0 Å². The van der Waals surface area contributed by atoms with Gasteiger partial charge in [0.1, 0.15) is 10.5 Å². The molecule has 2 aromatic heterocycles. The largest absolute Gasteiger partial charge is 0.334 e. The Kier molecular flexibility index (Phi) is 8.63. The van der Waals surface area contributed by atoms with Gasteiger partial charge in [-0.3, -0.25) is 4.79 Å². The van der Waals surface area contributed by atoms with Gasteiger partial charge < -0.3 is 10.6 Å². The molecular formula is C17H26N6OS2. The highest BCUT2D eigenvalue weighted by molar-refractivity contribution is 7.15. The first kappa shape index (κ1) is 20.4. The maximum atomic E-state index is 10.8. The highest BCUT2D eigenvalue weighted by atomic mass is 32.1. The Bertz CT molecular complexity index is 692. The first-order chi connectivity index (χ1) is 12.6. The van der Waals surface area contributed by atoms with Gasteiger partial charge in [0, 0.05) is 18.5 Å². The van der Waals surface area contributed by atoms with E-state index in [0.29, 0.717) is 11.0 Å². The van der Waals surface area contributed by atoms with E-state index >= 15 is 0 Å². The van der Waals surface area contributed by atoms with Crippen molar-refractivity contribution >= 4 is 38.8 Å². The average molecular weight is 395 g/mol. The van der Waals surface area contributed by atoms with E-state index in [2.05, 4.69) is 44.0 Å². The summed E-state index contributed by atoms with van der Waals surface area (Å²) in [6.07, 6.45) is 9.51. The van der Waals surface area contributed by atoms with Crippen LogP contribution in [0, 0.1) is 0 Å². The molecule has 0 saturated heterocycles. The van der Waals surface area contributed by atoms with Crippen molar-refractivity contribution < 1.29 is 4.79 Å². The number of aromatic nitrogens is 4. The normalized spacial score (nSPS) is 15.1. The molecule has 0 unspecified atom stereocenters. The summed E-state index contributed by atoms with van der Waals surface area (Å²) < 4.78 is 0. The van der Waals surface area contributed by atoms with Crippen LogP contribution in [0.1, 0.15) is 70.2 Å². The minimum Gasteiger partial charge on any atom is -0.334 e. The van der Waals surface area contributed by atoms with Crippen molar-refractivity contribution in [3.05, 3.63) is 22.3 Å². The number of nitrogens with zero attached hydrogens (tertiary/aromatic N) is 4. The van der Waals surface area contributed by atoms with Crippen LogP contribution in [0.4, 0.5) is 10.3 Å². The molecule has 1 amide bonds. The number of anilines is 2. The first-order valence-electron chi connectivity index (χ1n) is 8.89. The van der Waals surface area contributed by atoms with Crippen molar-refractivity contribution in [2.45, 2.75) is 65.2 Å². The molecule has 0 atom stereocenters. The number of allylic oxidation sites excluding steroid dienone is 2. The molecular weight excluding hydrogens is 368 g/mol. The molecule has 0 aromatic carbocycles. The third-order valence-corrected chi connectivity index (χ3v) is 5.46. The van der Waals surface area contributed by atoms with Gasteiger partial charge in [-0.15, -0.1) is 20.4 Å². The first-order valence-corrected chi connectivity index (χ1v) is 10.6. The Morgan fingerprint density at radius 2 is 1.92 bits per heavy atom. The standard InChI is InChI=1S/C10H15N3OS.C7H11N3S/c1-7(14)11-10-13-12-9(15-10)8-5-3-2-4-6-8;1-3-4-6(2)9-7-10-8-5-11-7/h8H,2-6H2,1H3,(H,11,13,14);4-5H,3H2,1-2H3,(H,9,10)/b;6-4+. The van der Waals surface area contributed by atoms with E-state index in [-0.39, 0.29) is 5.91 Å². The molecule has 1 saturated carbocycles. The second-order valence-electron chi connectivity index (χ2n) is 6.13. The van der Waals surface area contributed by atoms with Crippen molar-refractivity contribution in [2.75, 3.05) is 10.6 Å². The molecule has 142 valence electrons. The van der Waals surface area contributed by atoms with Gasteiger partial charge in [0.25, 0.3) is 0 Å². The molecule has 7 nitrogen and oxygen atoms in total. The Morgan fingerprint density at radius 3 is 2.54 bits per heavy atom. The smallest absolute Gasteiger partial charge is 0.223 e. The molecule has 26 heavy (non-hydrogen) atoms. The van der Waals surface area contributed by atoms with Gasteiger partial charge in [-0.25, -0.2) is 0 Å². The Balaban J connectivity index is 0.000000197. The lowest BCUT2D eigenvalue weighted by Crippen LogP contribution is -2.04. The van der Waals surface area contributed by atoms with Crippen molar-refractivity contribution in [1.29, 1.82) is 0 Å². The number of rotatable bonds is 5. The fourth-order valence-corrected chi connectivity index (χ4v) is 4.17. The quantitative estimate of drug-likeness (QED) is 0.756. The number of carbonyl (C=O) groups excluding carboxylic acids is 1. The molecule has 9 heteroatoms. The van der Waals surface area contributed by atoms with E-state index < -0.39 is 0 Å². The van der Waals surface area contributed by atoms with Crippen LogP contribution >= 0.6 is 22.7 Å². The van der Waals surface area contributed by atoms with Crippen LogP contribution in [0.2, 0.25) is 0 Å². The van der Waals surface area contributed by atoms with Crippen LogP contribution in [0.3, 0.4) is 0 Å². The van der Waals surface area contributed by atoms with E-state index in [9.17, 15) is 4.79 Å². The lowest BCUT2D eigenvalue weighted by molar-refractivity contribution is -0.114. The molecule has 1 aliphatic carbocycles. The predicted molar refractivity (Wildman–Crippen MR) is 108 cm³/mol. The molecule has 2 N–H and O–H groups in total. The zero-order valence-corrected chi connectivity index (χ0v) is 17.1. The summed E-state index contributed by atoms with van der Waals surface area (Å²) in [4.78, 5) is 10.8. The van der Waals surface area contributed by atoms with Crippen LogP contribution in [0.15, 0.2) is 17.3 Å². The van der Waals surface area contributed by atoms with E-state index in [1.54, 1.807) is 5.51 Å². The molecule has 3 rings (SSSR count). The van der Waals surface area contributed by atoms with Gasteiger partial charge >= 0.3 is 0 Å². The monoisotopic (exact) mass is 394 g/mol. The molecule has 1 fully saturated rings. The predicted octanol–water partition coefficient (Wildman–Crippen LogP) is 4.81. The molecule has 0 radical (unpaired) electrons. The number of amides is 1. The molecule has 0 bridgehead atoms. The van der Waals surface area contributed by atoms with Crippen molar-refractivity contribution in [2.24, 2.45) is 0 Å². The minimum atomic E-state index is -0.0821. The molecule has 1 aliphatic rings. The third kappa shape index (κ3) is 7.17. The number of carbonyl (C=O) groups is 1. The summed E-state index contributed by atoms with van der Waals surface area (Å²) in [7, 11) is 0. The lowest BCUT2D eigenvalue weighted by atomic mass is 9.90. The molecule has 0 spiro atoms. The van der Waals surface area contributed by atoms with Crippen LogP contribution < -0.4 is 10.6 Å². The Hall–Kier alpha value is -1.87. The topological polar surface area (TPSA) is 92.7 Å². The van der Waals surface area contributed by atoms with Gasteiger partial charge in [0.05, 0.1) is 0 Å². The fraction of sp³-hybridized carbons (Fsp3) is 0.588. The van der Waals surface area contributed by atoms with Crippen molar-refractivity contribution in [1.82, 2.24) is 20.4 Å². The zero-order chi connectivity index (χ0) is 18.8. The number of hydrogen-bond acceptors (Lipinski definition) is 8. The second-order valence-corrected chi connectivity index (χ2v) is 7.97. The molecule has 2 aromatic rings. The molecule has 2 heterocycles. The van der Waals surface area contributed by atoms with Gasteiger partial charge in [0.2, 0.25) is 16.2 Å². The zero-order valence-electron chi connectivity index (χ0n) is 15.5. The summed E-state index contributed by atoms with van der Waals surface area (Å²) in [6.45, 7) is 5.61. The van der Waals surface area contributed by atoms with Crippen LogP contribution in [-0.2, 0) is 4.79 Å². The van der Waals surface area contributed by atoms with Crippen LogP contribution in [-0.4, -0.2) is 26.3 Å². The second kappa shape index (κ2) is 11.0. The van der Waals surface area contributed by atoms with Gasteiger partial charge in [-0.05, 0) is 26.2 Å². The summed E-state index contributed by atoms with van der Waals surface area (Å²) >= 11 is 3.02.